The lowest BCUT2D eigenvalue weighted by molar-refractivity contribution is -0.172. The third kappa shape index (κ3) is 6.67. The van der Waals surface area contributed by atoms with Gasteiger partial charge in [0.1, 0.15) is 11.9 Å². The van der Waals surface area contributed by atoms with E-state index in [9.17, 15) is 24.9 Å². The molecular formula is C31H42O7. The Bertz CT molecular complexity index is 1040. The summed E-state index contributed by atoms with van der Waals surface area (Å²) in [5, 5.41) is 39.0. The minimum atomic E-state index is -1.08. The Kier molecular flexibility index (Phi) is 8.99. The van der Waals surface area contributed by atoms with Gasteiger partial charge in [0, 0.05) is 5.92 Å². The minimum Gasteiger partial charge on any atom is -0.508 e. The highest BCUT2D eigenvalue weighted by molar-refractivity contribution is 5.78. The molecule has 1 saturated carbocycles. The highest BCUT2D eigenvalue weighted by Crippen LogP contribution is 2.49. The third-order valence-corrected chi connectivity index (χ3v) is 8.86. The maximum Gasteiger partial charge on any atom is 0.312 e. The van der Waals surface area contributed by atoms with Crippen molar-refractivity contribution in [3.8, 4) is 5.75 Å². The smallest absolute Gasteiger partial charge is 0.312 e. The maximum absolute atomic E-state index is 13.7. The molecule has 0 radical (unpaired) electrons. The van der Waals surface area contributed by atoms with Gasteiger partial charge < -0.3 is 25.2 Å². The number of carboxylic acids is 1. The third-order valence-electron chi connectivity index (χ3n) is 8.86. The van der Waals surface area contributed by atoms with Crippen LogP contribution in [0.4, 0.5) is 0 Å². The Morgan fingerprint density at radius 3 is 2.45 bits per heavy atom. The fraction of sp³-hybridized carbons (Fsp3) is 0.613. The fourth-order valence-corrected chi connectivity index (χ4v) is 6.65. The van der Waals surface area contributed by atoms with Gasteiger partial charge >= 0.3 is 11.9 Å². The molecule has 0 spiro atoms. The Morgan fingerprint density at radius 2 is 1.82 bits per heavy atom. The first kappa shape index (κ1) is 28.4. The Balaban J connectivity index is 1.46. The monoisotopic (exact) mass is 526 g/mol. The summed E-state index contributed by atoms with van der Waals surface area (Å²) in [7, 11) is 0. The lowest BCUT2D eigenvalue weighted by Gasteiger charge is -2.46. The van der Waals surface area contributed by atoms with Gasteiger partial charge in [0.2, 0.25) is 0 Å². The van der Waals surface area contributed by atoms with Gasteiger partial charge in [0.25, 0.3) is 0 Å². The van der Waals surface area contributed by atoms with Crippen LogP contribution in [-0.2, 0) is 20.7 Å². The summed E-state index contributed by atoms with van der Waals surface area (Å²) >= 11 is 0. The van der Waals surface area contributed by atoms with Crippen molar-refractivity contribution in [3.05, 3.63) is 53.6 Å². The lowest BCUT2D eigenvalue weighted by atomic mass is 9.64. The molecule has 0 heterocycles. The minimum absolute atomic E-state index is 0.0336. The maximum atomic E-state index is 13.7. The zero-order valence-electron chi connectivity index (χ0n) is 22.5. The van der Waals surface area contributed by atoms with Gasteiger partial charge in [0.15, 0.2) is 0 Å². The summed E-state index contributed by atoms with van der Waals surface area (Å²) in [4.78, 5) is 24.6. The SMILES string of the molecule is C[C@H]1C=C2C=C[C@H](C)[C@H](CC[C@@H](O)C[C@@H](O)CC(=O)O)[C@H]2[C@@H](OC(=O)C2(Cc3ccc(O)cc3)CCC2)C1. The zero-order chi connectivity index (χ0) is 27.4. The number of carboxylic acid groups (broad SMARTS) is 1. The molecule has 1 aromatic rings. The molecule has 3 aliphatic rings. The number of ether oxygens (including phenoxy) is 1. The van der Waals surface area contributed by atoms with Gasteiger partial charge in [0.05, 0.1) is 24.0 Å². The van der Waals surface area contributed by atoms with E-state index in [0.717, 1.165) is 31.2 Å². The Labute approximate surface area is 225 Å². The van der Waals surface area contributed by atoms with Crippen LogP contribution in [0.1, 0.15) is 70.8 Å². The number of phenols is 1. The van der Waals surface area contributed by atoms with E-state index in [1.807, 2.05) is 12.1 Å². The van der Waals surface area contributed by atoms with Crippen molar-refractivity contribution in [3.63, 3.8) is 0 Å². The van der Waals surface area contributed by atoms with Crippen LogP contribution < -0.4 is 0 Å². The largest absolute Gasteiger partial charge is 0.508 e. The van der Waals surface area contributed by atoms with Gasteiger partial charge in [-0.15, -0.1) is 0 Å². The van der Waals surface area contributed by atoms with Crippen LogP contribution in [0.25, 0.3) is 0 Å². The highest BCUT2D eigenvalue weighted by atomic mass is 16.5. The zero-order valence-corrected chi connectivity index (χ0v) is 22.5. The second-order valence-corrected chi connectivity index (χ2v) is 11.9. The van der Waals surface area contributed by atoms with Crippen molar-refractivity contribution in [2.24, 2.45) is 29.1 Å². The van der Waals surface area contributed by atoms with E-state index in [0.29, 0.717) is 19.3 Å². The number of hydrogen-bond acceptors (Lipinski definition) is 6. The van der Waals surface area contributed by atoms with Crippen molar-refractivity contribution in [1.29, 1.82) is 0 Å². The first-order valence-electron chi connectivity index (χ1n) is 14.0. The molecule has 7 heteroatoms. The van der Waals surface area contributed by atoms with E-state index in [1.54, 1.807) is 12.1 Å². The Hall–Kier alpha value is -2.64. The first-order chi connectivity index (χ1) is 18.1. The number of hydrogen-bond donors (Lipinski definition) is 4. The molecule has 38 heavy (non-hydrogen) atoms. The van der Waals surface area contributed by atoms with Crippen LogP contribution in [0.5, 0.6) is 5.75 Å². The topological polar surface area (TPSA) is 124 Å². The van der Waals surface area contributed by atoms with Crippen LogP contribution in [0.15, 0.2) is 48.1 Å². The lowest BCUT2D eigenvalue weighted by Crippen LogP contribution is -2.47. The number of aliphatic carboxylic acids is 1. The van der Waals surface area contributed by atoms with Gasteiger partial charge in [-0.05, 0) is 86.0 Å². The van der Waals surface area contributed by atoms with Crippen molar-refractivity contribution >= 4 is 11.9 Å². The summed E-state index contributed by atoms with van der Waals surface area (Å²) in [6, 6.07) is 7.05. The highest BCUT2D eigenvalue weighted by Gasteiger charge is 2.48. The number of aliphatic hydroxyl groups excluding tert-OH is 2. The number of carbonyl (C=O) groups excluding carboxylic acids is 1. The molecule has 0 amide bonds. The van der Waals surface area contributed by atoms with Crippen molar-refractivity contribution in [1.82, 2.24) is 0 Å². The molecule has 0 bridgehead atoms. The van der Waals surface area contributed by atoms with E-state index in [1.165, 1.54) is 5.57 Å². The first-order valence-corrected chi connectivity index (χ1v) is 14.0. The van der Waals surface area contributed by atoms with Gasteiger partial charge in [-0.1, -0.05) is 50.6 Å². The molecule has 208 valence electrons. The van der Waals surface area contributed by atoms with Crippen LogP contribution >= 0.6 is 0 Å². The van der Waals surface area contributed by atoms with E-state index in [-0.39, 0.29) is 54.3 Å². The fourth-order valence-electron chi connectivity index (χ4n) is 6.65. The summed E-state index contributed by atoms with van der Waals surface area (Å²) < 4.78 is 6.40. The Morgan fingerprint density at radius 1 is 1.11 bits per heavy atom. The number of allylic oxidation sites excluding steroid dienone is 3. The molecule has 4 N–H and O–H groups in total. The number of rotatable bonds is 11. The van der Waals surface area contributed by atoms with Crippen LogP contribution in [-0.4, -0.2) is 50.7 Å². The molecule has 1 fully saturated rings. The molecule has 0 aromatic heterocycles. The summed E-state index contributed by atoms with van der Waals surface area (Å²) in [6.07, 6.45) is 9.26. The summed E-state index contributed by atoms with van der Waals surface area (Å²) in [6.45, 7) is 4.30. The van der Waals surface area contributed by atoms with E-state index >= 15 is 0 Å². The van der Waals surface area contributed by atoms with Crippen molar-refractivity contribution in [2.75, 3.05) is 0 Å². The molecular weight excluding hydrogens is 484 g/mol. The second kappa shape index (κ2) is 12.0. The van der Waals surface area contributed by atoms with E-state index in [4.69, 9.17) is 9.84 Å². The number of esters is 1. The summed E-state index contributed by atoms with van der Waals surface area (Å²) in [5.41, 5.74) is 1.68. The molecule has 0 saturated heterocycles. The molecule has 0 aliphatic heterocycles. The number of aromatic hydroxyl groups is 1. The van der Waals surface area contributed by atoms with E-state index < -0.39 is 23.6 Å². The van der Waals surface area contributed by atoms with Gasteiger partial charge in [-0.2, -0.15) is 0 Å². The molecule has 7 nitrogen and oxygen atoms in total. The number of phenolic OH excluding ortho intramolecular Hbond substituents is 1. The predicted octanol–water partition coefficient (Wildman–Crippen LogP) is 4.79. The molecule has 3 aliphatic carbocycles. The van der Waals surface area contributed by atoms with Crippen LogP contribution in [0, 0.1) is 29.1 Å². The van der Waals surface area contributed by atoms with Crippen LogP contribution in [0.3, 0.4) is 0 Å². The van der Waals surface area contributed by atoms with Gasteiger partial charge in [-0.3, -0.25) is 9.59 Å². The van der Waals surface area contributed by atoms with Crippen molar-refractivity contribution in [2.45, 2.75) is 89.9 Å². The van der Waals surface area contributed by atoms with Gasteiger partial charge in [-0.25, -0.2) is 0 Å². The number of benzene rings is 1. The molecule has 1 aromatic carbocycles. The quantitative estimate of drug-likeness (QED) is 0.306. The number of carbonyl (C=O) groups is 2. The number of fused-ring (bicyclic) bond motifs is 1. The van der Waals surface area contributed by atoms with Crippen LogP contribution in [0.2, 0.25) is 0 Å². The average molecular weight is 527 g/mol. The summed E-state index contributed by atoms with van der Waals surface area (Å²) in [5.74, 6) is -0.286. The molecule has 4 rings (SSSR count). The predicted molar refractivity (Wildman–Crippen MR) is 143 cm³/mol. The normalized spacial score (nSPS) is 29.4. The van der Waals surface area contributed by atoms with E-state index in [2.05, 4.69) is 32.1 Å². The molecule has 0 unspecified atom stereocenters. The molecule has 7 atom stereocenters. The standard InChI is InChI=1S/C31H42O7/c1-19-14-22-7-4-20(2)26(11-10-24(33)16-25(34)17-28(35)36)29(22)27(15-19)38-30(37)31(12-3-13-31)18-21-5-8-23(32)9-6-21/h4-9,14,19-20,24-27,29,32-34H,3,10-13,15-18H2,1-2H3,(H,35,36)/t19-,20-,24+,25+,26-,27-,29-/m0/s1. The average Bonchev–Trinajstić information content (AvgIpc) is 2.81. The second-order valence-electron chi connectivity index (χ2n) is 11.9. The van der Waals surface area contributed by atoms with Crippen molar-refractivity contribution < 1.29 is 34.8 Å². The number of aliphatic hydroxyl groups is 2.